The number of aromatic nitrogens is 2. The zero-order valence-electron chi connectivity index (χ0n) is 9.53. The van der Waals surface area contributed by atoms with Crippen molar-refractivity contribution in [2.75, 3.05) is 11.9 Å². The molecule has 0 fully saturated rings. The molecule has 0 bridgehead atoms. The van der Waals surface area contributed by atoms with E-state index in [4.69, 9.17) is 5.11 Å². The molecule has 1 aromatic heterocycles. The third-order valence-corrected chi connectivity index (χ3v) is 2.11. The lowest BCUT2D eigenvalue weighted by atomic mass is 10.1. The van der Waals surface area contributed by atoms with Gasteiger partial charge < -0.3 is 10.4 Å². The quantitative estimate of drug-likeness (QED) is 0.850. The second kappa shape index (κ2) is 5.65. The summed E-state index contributed by atoms with van der Waals surface area (Å²) in [6, 6.07) is 1.97. The summed E-state index contributed by atoms with van der Waals surface area (Å²) in [5, 5.41) is 17.7. The summed E-state index contributed by atoms with van der Waals surface area (Å²) in [6.45, 7) is 2.00. The lowest BCUT2D eigenvalue weighted by Crippen LogP contribution is -2.16. The van der Waals surface area contributed by atoms with Gasteiger partial charge in [-0.3, -0.25) is 4.79 Å². The van der Waals surface area contributed by atoms with E-state index in [0.29, 0.717) is 6.54 Å². The molecular weight excluding hydrogens is 251 g/mol. The lowest BCUT2D eigenvalue weighted by Gasteiger charge is -2.11. The van der Waals surface area contributed by atoms with Crippen molar-refractivity contribution in [3.05, 3.63) is 17.8 Å². The fourth-order valence-electron chi connectivity index (χ4n) is 1.23. The average Bonchev–Trinajstić information content (AvgIpc) is 2.25. The topological polar surface area (TPSA) is 75.1 Å². The Bertz CT molecular complexity index is 406. The van der Waals surface area contributed by atoms with E-state index in [1.165, 1.54) is 0 Å². The number of halogens is 3. The number of nitrogens with zero attached hydrogens (tertiary/aromatic N) is 2. The number of aliphatic carboxylic acids is 1. The third-order valence-electron chi connectivity index (χ3n) is 2.11. The van der Waals surface area contributed by atoms with Crippen molar-refractivity contribution >= 4 is 11.8 Å². The molecule has 18 heavy (non-hydrogen) atoms. The van der Waals surface area contributed by atoms with E-state index in [1.807, 2.05) is 0 Å². The first-order valence-electron chi connectivity index (χ1n) is 5.15. The van der Waals surface area contributed by atoms with Crippen LogP contribution in [0.5, 0.6) is 0 Å². The van der Waals surface area contributed by atoms with Crippen molar-refractivity contribution in [3.63, 3.8) is 0 Å². The number of carboxylic acid groups (broad SMARTS) is 1. The first-order chi connectivity index (χ1) is 8.29. The van der Waals surface area contributed by atoms with Crippen molar-refractivity contribution in [3.8, 4) is 0 Å². The van der Waals surface area contributed by atoms with Crippen molar-refractivity contribution in [1.29, 1.82) is 0 Å². The summed E-state index contributed by atoms with van der Waals surface area (Å²) in [6.07, 6.45) is -4.54. The number of carboxylic acids is 1. The van der Waals surface area contributed by atoms with Gasteiger partial charge in [-0.1, -0.05) is 6.92 Å². The number of nitrogens with one attached hydrogen (secondary N) is 1. The van der Waals surface area contributed by atoms with Crippen molar-refractivity contribution in [2.24, 2.45) is 5.92 Å². The summed E-state index contributed by atoms with van der Waals surface area (Å²) in [4.78, 5) is 10.4. The number of hydrogen-bond acceptors (Lipinski definition) is 4. The van der Waals surface area contributed by atoms with Crippen LogP contribution in [0.15, 0.2) is 12.1 Å². The highest BCUT2D eigenvalue weighted by Gasteiger charge is 2.32. The van der Waals surface area contributed by atoms with Crippen LogP contribution in [0.4, 0.5) is 19.0 Å². The van der Waals surface area contributed by atoms with E-state index in [2.05, 4.69) is 15.5 Å². The summed E-state index contributed by atoms with van der Waals surface area (Å²) in [5.41, 5.74) is -1.06. The molecule has 0 aliphatic rings. The van der Waals surface area contributed by atoms with Gasteiger partial charge in [0.1, 0.15) is 5.82 Å². The van der Waals surface area contributed by atoms with E-state index in [9.17, 15) is 18.0 Å². The molecule has 0 aliphatic carbocycles. The highest BCUT2D eigenvalue weighted by atomic mass is 19.4. The monoisotopic (exact) mass is 263 g/mol. The van der Waals surface area contributed by atoms with Gasteiger partial charge in [-0.05, 0) is 18.1 Å². The van der Waals surface area contributed by atoms with Gasteiger partial charge in [-0.15, -0.1) is 10.2 Å². The molecule has 0 amide bonds. The molecule has 1 unspecified atom stereocenters. The molecule has 0 saturated heterocycles. The van der Waals surface area contributed by atoms with Crippen LogP contribution in [0.3, 0.4) is 0 Å². The van der Waals surface area contributed by atoms with Crippen LogP contribution < -0.4 is 5.32 Å². The Labute approximate surface area is 101 Å². The van der Waals surface area contributed by atoms with Gasteiger partial charge in [-0.25, -0.2) is 0 Å². The summed E-state index contributed by atoms with van der Waals surface area (Å²) in [5.74, 6) is -0.908. The fourth-order valence-corrected chi connectivity index (χ4v) is 1.23. The van der Waals surface area contributed by atoms with E-state index in [1.54, 1.807) is 6.92 Å². The zero-order valence-corrected chi connectivity index (χ0v) is 9.53. The molecule has 2 N–H and O–H groups in total. The van der Waals surface area contributed by atoms with Crippen LogP contribution >= 0.6 is 0 Å². The fraction of sp³-hybridized carbons (Fsp3) is 0.500. The molecule has 1 heterocycles. The second-order valence-electron chi connectivity index (χ2n) is 3.89. The molecule has 100 valence electrons. The number of rotatable bonds is 5. The van der Waals surface area contributed by atoms with Gasteiger partial charge in [0.05, 0.1) is 0 Å². The molecule has 1 atom stereocenters. The maximum absolute atomic E-state index is 12.2. The minimum Gasteiger partial charge on any atom is -0.481 e. The Hall–Kier alpha value is -1.86. The number of carbonyl (C=O) groups is 1. The summed E-state index contributed by atoms with van der Waals surface area (Å²) >= 11 is 0. The van der Waals surface area contributed by atoms with Crippen LogP contribution in [0.25, 0.3) is 0 Å². The van der Waals surface area contributed by atoms with Crippen LogP contribution in [-0.4, -0.2) is 27.8 Å². The lowest BCUT2D eigenvalue weighted by molar-refractivity contribution is -0.141. The molecule has 0 aliphatic heterocycles. The Morgan fingerprint density at radius 3 is 2.56 bits per heavy atom. The molecule has 0 spiro atoms. The Morgan fingerprint density at radius 2 is 2.11 bits per heavy atom. The van der Waals surface area contributed by atoms with E-state index < -0.39 is 17.8 Å². The predicted molar refractivity (Wildman–Crippen MR) is 56.9 cm³/mol. The molecule has 0 aromatic carbocycles. The SMILES string of the molecule is CC(CNc1ccc(C(F)(F)F)nn1)CC(=O)O. The van der Waals surface area contributed by atoms with Gasteiger partial charge >= 0.3 is 12.1 Å². The Kier molecular flexibility index (Phi) is 4.46. The van der Waals surface area contributed by atoms with Crippen molar-refractivity contribution in [2.45, 2.75) is 19.5 Å². The van der Waals surface area contributed by atoms with Gasteiger partial charge in [0.25, 0.3) is 0 Å². The second-order valence-corrected chi connectivity index (χ2v) is 3.89. The smallest absolute Gasteiger partial charge is 0.435 e. The minimum absolute atomic E-state index is 0.0267. The molecule has 5 nitrogen and oxygen atoms in total. The molecule has 1 aromatic rings. The maximum atomic E-state index is 12.2. The minimum atomic E-state index is -4.51. The van der Waals surface area contributed by atoms with Gasteiger partial charge in [0, 0.05) is 13.0 Å². The highest BCUT2D eigenvalue weighted by molar-refractivity contribution is 5.67. The first-order valence-corrected chi connectivity index (χ1v) is 5.15. The predicted octanol–water partition coefficient (Wildman–Crippen LogP) is 2.02. The van der Waals surface area contributed by atoms with Crippen LogP contribution in [0.1, 0.15) is 19.0 Å². The van der Waals surface area contributed by atoms with Gasteiger partial charge in [0.2, 0.25) is 0 Å². The molecular formula is C10H12F3N3O2. The van der Waals surface area contributed by atoms with Gasteiger partial charge in [0.15, 0.2) is 5.69 Å². The Balaban J connectivity index is 2.52. The summed E-state index contributed by atoms with van der Waals surface area (Å²) in [7, 11) is 0. The van der Waals surface area contributed by atoms with E-state index in [-0.39, 0.29) is 18.2 Å². The van der Waals surface area contributed by atoms with E-state index in [0.717, 1.165) is 12.1 Å². The van der Waals surface area contributed by atoms with Crippen LogP contribution in [-0.2, 0) is 11.0 Å². The van der Waals surface area contributed by atoms with Gasteiger partial charge in [-0.2, -0.15) is 13.2 Å². The highest BCUT2D eigenvalue weighted by Crippen LogP contribution is 2.27. The van der Waals surface area contributed by atoms with Crippen molar-refractivity contribution < 1.29 is 23.1 Å². The molecule has 8 heteroatoms. The van der Waals surface area contributed by atoms with Crippen LogP contribution in [0, 0.1) is 5.92 Å². The molecule has 1 rings (SSSR count). The first kappa shape index (κ1) is 14.2. The number of alkyl halides is 3. The zero-order chi connectivity index (χ0) is 13.8. The number of anilines is 1. The third kappa shape index (κ3) is 4.56. The largest absolute Gasteiger partial charge is 0.481 e. The molecule has 0 radical (unpaired) electrons. The Morgan fingerprint density at radius 1 is 1.44 bits per heavy atom. The average molecular weight is 263 g/mol. The normalized spacial score (nSPS) is 13.1. The van der Waals surface area contributed by atoms with Crippen LogP contribution in [0.2, 0.25) is 0 Å². The maximum Gasteiger partial charge on any atom is 0.435 e. The van der Waals surface area contributed by atoms with E-state index >= 15 is 0 Å². The van der Waals surface area contributed by atoms with Crippen molar-refractivity contribution in [1.82, 2.24) is 10.2 Å². The molecule has 0 saturated carbocycles. The number of hydrogen-bond donors (Lipinski definition) is 2. The summed E-state index contributed by atoms with van der Waals surface area (Å²) < 4.78 is 36.6. The standard InChI is InChI=1S/C10H12F3N3O2/c1-6(4-9(17)18)5-14-8-3-2-7(15-16-8)10(11,12)13/h2-3,6H,4-5H2,1H3,(H,14,16)(H,17,18).